The van der Waals surface area contributed by atoms with Gasteiger partial charge in [-0.1, -0.05) is 0 Å². The fraction of sp³-hybridized carbons (Fsp3) is 1.00. The molecule has 0 amide bonds. The van der Waals surface area contributed by atoms with Gasteiger partial charge in [0.2, 0.25) is 0 Å². The van der Waals surface area contributed by atoms with Gasteiger partial charge in [-0.2, -0.15) is 0 Å². The van der Waals surface area contributed by atoms with E-state index in [1.165, 1.54) is 0 Å². The van der Waals surface area contributed by atoms with Crippen LogP contribution < -0.4 is 0 Å². The predicted octanol–water partition coefficient (Wildman–Crippen LogP) is -0.672. The summed E-state index contributed by atoms with van der Waals surface area (Å²) in [6, 6.07) is -0.223. The zero-order valence-electron chi connectivity index (χ0n) is 14.0. The number of aliphatic hydroxyl groups is 3. The Morgan fingerprint density at radius 2 is 1.82 bits per heavy atom. The summed E-state index contributed by atoms with van der Waals surface area (Å²) in [5.74, 6) is 0. The first-order chi connectivity index (χ1) is 10.1. The number of aliphatic hydroxyl groups excluding tert-OH is 2. The van der Waals surface area contributed by atoms with Crippen LogP contribution in [0.1, 0.15) is 27.2 Å². The van der Waals surface area contributed by atoms with Crippen LogP contribution in [0.15, 0.2) is 0 Å². The van der Waals surface area contributed by atoms with Crippen LogP contribution in [0, 0.1) is 0 Å². The second-order valence-corrected chi connectivity index (χ2v) is 6.94. The summed E-state index contributed by atoms with van der Waals surface area (Å²) in [5.41, 5.74) is -1.27. The molecule has 0 aliphatic carbocycles. The maximum absolute atomic E-state index is 10.3. The van der Waals surface area contributed by atoms with Gasteiger partial charge in [-0.3, -0.25) is 0 Å². The lowest BCUT2D eigenvalue weighted by atomic mass is 9.88. The quantitative estimate of drug-likeness (QED) is 0.635. The number of rotatable bonds is 3. The van der Waals surface area contributed by atoms with Crippen molar-refractivity contribution in [1.29, 1.82) is 0 Å². The maximum Gasteiger partial charge on any atom is 0.161 e. The Kier molecular flexibility index (Phi) is 5.49. The summed E-state index contributed by atoms with van der Waals surface area (Å²) in [5, 5.41) is 30.4. The van der Waals surface area contributed by atoms with Gasteiger partial charge in [-0.15, -0.1) is 0 Å². The van der Waals surface area contributed by atoms with E-state index in [1.54, 1.807) is 13.8 Å². The minimum absolute atomic E-state index is 0.165. The van der Waals surface area contributed by atoms with Crippen LogP contribution >= 0.6 is 0 Å². The molecule has 0 spiro atoms. The predicted molar refractivity (Wildman–Crippen MR) is 79.4 cm³/mol. The third-order valence-electron chi connectivity index (χ3n) is 4.66. The molecule has 0 aromatic heterocycles. The number of hydrogen-bond acceptors (Lipinski definition) is 7. The highest BCUT2D eigenvalue weighted by Gasteiger charge is 2.47. The van der Waals surface area contributed by atoms with Crippen molar-refractivity contribution in [2.45, 2.75) is 75.6 Å². The second-order valence-electron chi connectivity index (χ2n) is 6.94. The van der Waals surface area contributed by atoms with Gasteiger partial charge in [0.1, 0.15) is 12.2 Å². The third kappa shape index (κ3) is 3.62. The third-order valence-corrected chi connectivity index (χ3v) is 4.66. The molecule has 8 atom stereocenters. The molecular formula is C15H29NO6. The Morgan fingerprint density at radius 1 is 1.18 bits per heavy atom. The topological polar surface area (TPSA) is 91.6 Å². The molecule has 3 N–H and O–H groups in total. The minimum atomic E-state index is -1.27. The monoisotopic (exact) mass is 319 g/mol. The van der Waals surface area contributed by atoms with E-state index >= 15 is 0 Å². The standard InChI is InChI=1S/C15H29NO6/c1-8-13(12(16(4)5)10(17)7-20-8)22-11-6-15(3,19)14(18)9(2)21-11/h8-14,17-19H,6-7H2,1-5H3. The minimum Gasteiger partial charge on any atom is -0.389 e. The van der Waals surface area contributed by atoms with Crippen molar-refractivity contribution in [3.8, 4) is 0 Å². The first-order valence-electron chi connectivity index (χ1n) is 7.81. The molecule has 0 aromatic carbocycles. The molecule has 2 aliphatic rings. The molecule has 8 unspecified atom stereocenters. The van der Waals surface area contributed by atoms with E-state index in [9.17, 15) is 15.3 Å². The summed E-state index contributed by atoms with van der Waals surface area (Å²) in [7, 11) is 3.76. The van der Waals surface area contributed by atoms with Crippen LogP contribution in [0.2, 0.25) is 0 Å². The molecule has 0 aromatic rings. The Balaban J connectivity index is 2.10. The van der Waals surface area contributed by atoms with E-state index in [4.69, 9.17) is 14.2 Å². The average Bonchev–Trinajstić information content (AvgIpc) is 2.39. The number of likely N-dealkylation sites (N-methyl/N-ethyl adjacent to an activating group) is 1. The molecule has 2 aliphatic heterocycles. The van der Waals surface area contributed by atoms with Gasteiger partial charge in [-0.25, -0.2) is 0 Å². The van der Waals surface area contributed by atoms with E-state index < -0.39 is 30.2 Å². The van der Waals surface area contributed by atoms with E-state index in [2.05, 4.69) is 0 Å². The first-order valence-corrected chi connectivity index (χ1v) is 7.81. The molecular weight excluding hydrogens is 290 g/mol. The van der Waals surface area contributed by atoms with Crippen molar-refractivity contribution < 1.29 is 29.5 Å². The molecule has 130 valence electrons. The highest BCUT2D eigenvalue weighted by Crippen LogP contribution is 2.32. The molecule has 2 saturated heterocycles. The van der Waals surface area contributed by atoms with Crippen molar-refractivity contribution in [2.75, 3.05) is 20.7 Å². The lowest BCUT2D eigenvalue weighted by molar-refractivity contribution is -0.305. The lowest BCUT2D eigenvalue weighted by Crippen LogP contribution is -2.62. The molecule has 7 nitrogen and oxygen atoms in total. The van der Waals surface area contributed by atoms with E-state index in [-0.39, 0.29) is 31.3 Å². The van der Waals surface area contributed by atoms with Crippen LogP contribution in [-0.4, -0.2) is 89.4 Å². The first kappa shape index (κ1) is 18.1. The largest absolute Gasteiger partial charge is 0.389 e. The number of nitrogens with zero attached hydrogens (tertiary/aromatic N) is 1. The van der Waals surface area contributed by atoms with Crippen molar-refractivity contribution >= 4 is 0 Å². The summed E-state index contributed by atoms with van der Waals surface area (Å²) in [6.45, 7) is 5.44. The summed E-state index contributed by atoms with van der Waals surface area (Å²) in [6.07, 6.45) is -3.22. The van der Waals surface area contributed by atoms with Crippen molar-refractivity contribution in [3.63, 3.8) is 0 Å². The smallest absolute Gasteiger partial charge is 0.161 e. The average molecular weight is 319 g/mol. The van der Waals surface area contributed by atoms with E-state index in [1.807, 2.05) is 25.9 Å². The van der Waals surface area contributed by atoms with Crippen LogP contribution in [0.4, 0.5) is 0 Å². The lowest BCUT2D eigenvalue weighted by Gasteiger charge is -2.47. The Bertz CT molecular complexity index is 377. The molecule has 0 bridgehead atoms. The van der Waals surface area contributed by atoms with Gasteiger partial charge < -0.3 is 34.4 Å². The zero-order chi connectivity index (χ0) is 16.7. The van der Waals surface area contributed by atoms with Crippen LogP contribution in [0.25, 0.3) is 0 Å². The maximum atomic E-state index is 10.3. The van der Waals surface area contributed by atoms with Crippen molar-refractivity contribution in [1.82, 2.24) is 4.90 Å². The van der Waals surface area contributed by atoms with Crippen LogP contribution in [0.3, 0.4) is 0 Å². The van der Waals surface area contributed by atoms with Crippen molar-refractivity contribution in [2.24, 2.45) is 0 Å². The SMILES string of the molecule is CC1OCC(O)C(N(C)C)C1OC1CC(C)(O)C(O)C(C)O1. The molecule has 2 rings (SSSR count). The zero-order valence-corrected chi connectivity index (χ0v) is 14.0. The Morgan fingerprint density at radius 3 is 2.36 bits per heavy atom. The highest BCUT2D eigenvalue weighted by atomic mass is 16.7. The highest BCUT2D eigenvalue weighted by molar-refractivity contribution is 4.94. The van der Waals surface area contributed by atoms with Gasteiger partial charge in [0, 0.05) is 6.42 Å². The van der Waals surface area contributed by atoms with Gasteiger partial charge in [-0.05, 0) is 34.9 Å². The fourth-order valence-electron chi connectivity index (χ4n) is 3.35. The Labute approximate surface area is 131 Å². The van der Waals surface area contributed by atoms with Crippen molar-refractivity contribution in [3.05, 3.63) is 0 Å². The summed E-state index contributed by atoms with van der Waals surface area (Å²) >= 11 is 0. The van der Waals surface area contributed by atoms with Gasteiger partial charge in [0.05, 0.1) is 36.6 Å². The molecule has 2 fully saturated rings. The fourth-order valence-corrected chi connectivity index (χ4v) is 3.35. The second kappa shape index (κ2) is 6.68. The normalized spacial score (nSPS) is 50.3. The Hall–Kier alpha value is -0.280. The van der Waals surface area contributed by atoms with E-state index in [0.717, 1.165) is 0 Å². The van der Waals surface area contributed by atoms with E-state index in [0.29, 0.717) is 0 Å². The molecule has 0 saturated carbocycles. The van der Waals surface area contributed by atoms with Gasteiger partial charge in [0.25, 0.3) is 0 Å². The van der Waals surface area contributed by atoms with Gasteiger partial charge in [0.15, 0.2) is 6.29 Å². The molecule has 7 heteroatoms. The summed E-state index contributed by atoms with van der Waals surface area (Å²) < 4.78 is 17.2. The summed E-state index contributed by atoms with van der Waals surface area (Å²) in [4.78, 5) is 1.91. The van der Waals surface area contributed by atoms with Gasteiger partial charge >= 0.3 is 0 Å². The number of hydrogen-bond donors (Lipinski definition) is 3. The molecule has 0 radical (unpaired) electrons. The van der Waals surface area contributed by atoms with Crippen LogP contribution in [-0.2, 0) is 14.2 Å². The molecule has 2 heterocycles. The molecule has 22 heavy (non-hydrogen) atoms. The van der Waals surface area contributed by atoms with Crippen LogP contribution in [0.5, 0.6) is 0 Å². The number of ether oxygens (including phenoxy) is 3.